The predicted molar refractivity (Wildman–Crippen MR) is 140 cm³/mol. The van der Waals surface area contributed by atoms with Gasteiger partial charge in [0.1, 0.15) is 11.1 Å². The van der Waals surface area contributed by atoms with E-state index in [0.717, 1.165) is 44.1 Å². The van der Waals surface area contributed by atoms with Crippen LogP contribution in [-0.2, 0) is 17.7 Å². The fraction of sp³-hybridized carbons (Fsp3) is 0.552. The molecule has 0 spiro atoms. The first-order valence-electron chi connectivity index (χ1n) is 13.5. The van der Waals surface area contributed by atoms with Crippen molar-refractivity contribution in [2.45, 2.75) is 82.9 Å². The topological polar surface area (TPSA) is 80.6 Å². The maximum atomic E-state index is 13.4. The van der Waals surface area contributed by atoms with Crippen LogP contribution in [0.1, 0.15) is 84.1 Å². The van der Waals surface area contributed by atoms with Crippen LogP contribution in [0, 0.1) is 0 Å². The minimum Gasteiger partial charge on any atom is -0.376 e. The van der Waals surface area contributed by atoms with Gasteiger partial charge in [0.15, 0.2) is 0 Å². The Balaban J connectivity index is 1.55. The van der Waals surface area contributed by atoms with E-state index in [4.69, 9.17) is 4.74 Å². The molecule has 7 heteroatoms. The van der Waals surface area contributed by atoms with Crippen molar-refractivity contribution < 1.29 is 14.3 Å². The summed E-state index contributed by atoms with van der Waals surface area (Å²) in [5.74, 6) is -0.745. The predicted octanol–water partition coefficient (Wildman–Crippen LogP) is 4.18. The Morgan fingerprint density at radius 3 is 2.36 bits per heavy atom. The monoisotopic (exact) mass is 493 g/mol. The van der Waals surface area contributed by atoms with E-state index >= 15 is 0 Å². The van der Waals surface area contributed by atoms with Gasteiger partial charge in [-0.15, -0.1) is 0 Å². The lowest BCUT2D eigenvalue weighted by Crippen LogP contribution is -2.40. The number of aromatic nitrogens is 1. The molecule has 2 amide bonds. The van der Waals surface area contributed by atoms with E-state index in [-0.39, 0.29) is 35.1 Å². The lowest BCUT2D eigenvalue weighted by Gasteiger charge is -2.22. The van der Waals surface area contributed by atoms with Gasteiger partial charge in [-0.25, -0.2) is 0 Å². The Labute approximate surface area is 213 Å². The number of nitrogens with zero attached hydrogens (tertiary/aromatic N) is 2. The number of likely N-dealkylation sites (N-methyl/N-ethyl adjacent to an activating group) is 1. The van der Waals surface area contributed by atoms with Crippen molar-refractivity contribution in [2.24, 2.45) is 0 Å². The molecule has 2 aromatic rings. The molecule has 4 rings (SSSR count). The fourth-order valence-corrected chi connectivity index (χ4v) is 5.19. The van der Waals surface area contributed by atoms with Gasteiger partial charge >= 0.3 is 0 Å². The minimum atomic E-state index is -0.501. The molecule has 36 heavy (non-hydrogen) atoms. The van der Waals surface area contributed by atoms with Gasteiger partial charge in [0.2, 0.25) is 5.43 Å². The quantitative estimate of drug-likeness (QED) is 0.598. The van der Waals surface area contributed by atoms with Crippen LogP contribution in [-0.4, -0.2) is 53.6 Å². The van der Waals surface area contributed by atoms with E-state index in [1.165, 1.54) is 19.3 Å². The smallest absolute Gasteiger partial charge is 0.259 e. The van der Waals surface area contributed by atoms with Crippen LogP contribution in [0.3, 0.4) is 0 Å². The summed E-state index contributed by atoms with van der Waals surface area (Å²) in [6.45, 7) is 1.71. The van der Waals surface area contributed by atoms with Crippen molar-refractivity contribution in [3.05, 3.63) is 69.6 Å². The van der Waals surface area contributed by atoms with Crippen molar-refractivity contribution in [2.75, 3.05) is 20.2 Å². The number of rotatable bonds is 8. The van der Waals surface area contributed by atoms with Gasteiger partial charge in [0, 0.05) is 45.2 Å². The van der Waals surface area contributed by atoms with E-state index in [1.807, 2.05) is 30.3 Å². The van der Waals surface area contributed by atoms with Crippen LogP contribution in [0.25, 0.3) is 0 Å². The third-order valence-electron chi connectivity index (χ3n) is 7.36. The molecule has 2 aliphatic rings. The Kier molecular flexibility index (Phi) is 9.34. The summed E-state index contributed by atoms with van der Waals surface area (Å²) in [7, 11) is 1.70. The second-order valence-corrected chi connectivity index (χ2v) is 10.2. The molecular formula is C29H39N3O4. The van der Waals surface area contributed by atoms with Crippen molar-refractivity contribution >= 4 is 11.8 Å². The Morgan fingerprint density at radius 2 is 1.67 bits per heavy atom. The second-order valence-electron chi connectivity index (χ2n) is 10.2. The van der Waals surface area contributed by atoms with Crippen molar-refractivity contribution in [3.63, 3.8) is 0 Å². The molecule has 194 valence electrons. The number of pyridine rings is 1. The summed E-state index contributed by atoms with van der Waals surface area (Å²) >= 11 is 0. The fourth-order valence-electron chi connectivity index (χ4n) is 5.19. The molecule has 0 radical (unpaired) electrons. The van der Waals surface area contributed by atoms with Gasteiger partial charge in [0.05, 0.1) is 6.10 Å². The zero-order chi connectivity index (χ0) is 25.3. The highest BCUT2D eigenvalue weighted by Crippen LogP contribution is 2.18. The SMILES string of the molecule is CN(CCc1ccccc1)C(=O)c1cn(CC2CCCO2)cc(C(=O)NC2CCCCCCC2)c1=O. The van der Waals surface area contributed by atoms with E-state index in [2.05, 4.69) is 5.32 Å². The third-order valence-corrected chi connectivity index (χ3v) is 7.36. The summed E-state index contributed by atoms with van der Waals surface area (Å²) < 4.78 is 7.57. The van der Waals surface area contributed by atoms with Gasteiger partial charge in [0.25, 0.3) is 11.8 Å². The van der Waals surface area contributed by atoms with E-state index in [0.29, 0.717) is 26.1 Å². The minimum absolute atomic E-state index is 0.0211. The summed E-state index contributed by atoms with van der Waals surface area (Å²) in [5, 5.41) is 3.10. The summed E-state index contributed by atoms with van der Waals surface area (Å²) in [4.78, 5) is 41.7. The van der Waals surface area contributed by atoms with Gasteiger partial charge in [-0.3, -0.25) is 14.4 Å². The molecule has 0 bridgehead atoms. The molecule has 1 saturated heterocycles. The zero-order valence-electron chi connectivity index (χ0n) is 21.4. The van der Waals surface area contributed by atoms with Gasteiger partial charge in [-0.05, 0) is 37.7 Å². The number of carbonyl (C=O) groups excluding carboxylic acids is 2. The standard InChI is InChI=1S/C29H39N3O4/c1-31(17-16-22-11-6-5-7-12-22)29(35)26-21-32(19-24-15-10-18-36-24)20-25(27(26)33)28(34)30-23-13-8-3-2-4-9-14-23/h5-7,11-12,20-21,23-24H,2-4,8-10,13-19H2,1H3,(H,30,34). The first-order valence-corrected chi connectivity index (χ1v) is 13.5. The largest absolute Gasteiger partial charge is 0.376 e. The molecule has 1 atom stereocenters. The highest BCUT2D eigenvalue weighted by Gasteiger charge is 2.25. The number of amides is 2. The third kappa shape index (κ3) is 7.06. The summed E-state index contributed by atoms with van der Waals surface area (Å²) in [6, 6.07) is 10.0. The molecule has 2 heterocycles. The van der Waals surface area contributed by atoms with Gasteiger partial charge in [-0.2, -0.15) is 0 Å². The van der Waals surface area contributed by atoms with Crippen molar-refractivity contribution in [3.8, 4) is 0 Å². The highest BCUT2D eigenvalue weighted by molar-refractivity contribution is 5.99. The van der Waals surface area contributed by atoms with Gasteiger partial charge in [-0.1, -0.05) is 62.4 Å². The number of benzene rings is 1. The second kappa shape index (κ2) is 12.9. The Morgan fingerprint density at radius 1 is 0.972 bits per heavy atom. The van der Waals surface area contributed by atoms with E-state index < -0.39 is 5.43 Å². The Bertz CT molecular complexity index is 1070. The lowest BCUT2D eigenvalue weighted by molar-refractivity contribution is 0.0791. The molecular weight excluding hydrogens is 454 g/mol. The van der Waals surface area contributed by atoms with E-state index in [1.54, 1.807) is 28.9 Å². The van der Waals surface area contributed by atoms with Crippen LogP contribution in [0.15, 0.2) is 47.5 Å². The van der Waals surface area contributed by atoms with Crippen molar-refractivity contribution in [1.29, 1.82) is 0 Å². The van der Waals surface area contributed by atoms with Crippen LogP contribution in [0.4, 0.5) is 0 Å². The average Bonchev–Trinajstić information content (AvgIpc) is 3.38. The first kappa shape index (κ1) is 26.1. The van der Waals surface area contributed by atoms with Crippen LogP contribution < -0.4 is 10.7 Å². The van der Waals surface area contributed by atoms with Crippen LogP contribution in [0.5, 0.6) is 0 Å². The first-order chi connectivity index (χ1) is 17.5. The molecule has 1 N–H and O–H groups in total. The van der Waals surface area contributed by atoms with Crippen LogP contribution >= 0.6 is 0 Å². The lowest BCUT2D eigenvalue weighted by atomic mass is 9.96. The molecule has 1 aromatic carbocycles. The molecule has 1 saturated carbocycles. The number of hydrogen-bond acceptors (Lipinski definition) is 4. The summed E-state index contributed by atoms with van der Waals surface area (Å²) in [6.07, 6.45) is 13.5. The number of carbonyl (C=O) groups is 2. The Hall–Kier alpha value is -2.93. The number of ether oxygens (including phenoxy) is 1. The average molecular weight is 494 g/mol. The number of hydrogen-bond donors (Lipinski definition) is 1. The molecule has 2 fully saturated rings. The van der Waals surface area contributed by atoms with Crippen LogP contribution in [0.2, 0.25) is 0 Å². The molecule has 1 aliphatic carbocycles. The molecule has 1 aliphatic heterocycles. The normalized spacial score (nSPS) is 18.9. The van der Waals surface area contributed by atoms with Crippen molar-refractivity contribution in [1.82, 2.24) is 14.8 Å². The zero-order valence-corrected chi connectivity index (χ0v) is 21.4. The summed E-state index contributed by atoms with van der Waals surface area (Å²) in [5.41, 5.74) is 0.699. The maximum absolute atomic E-state index is 13.4. The molecule has 1 aromatic heterocycles. The van der Waals surface area contributed by atoms with Gasteiger partial charge < -0.3 is 19.5 Å². The maximum Gasteiger partial charge on any atom is 0.259 e. The molecule has 1 unspecified atom stereocenters. The van der Waals surface area contributed by atoms with E-state index in [9.17, 15) is 14.4 Å². The molecule has 7 nitrogen and oxygen atoms in total. The number of nitrogens with one attached hydrogen (secondary N) is 1. The highest BCUT2D eigenvalue weighted by atomic mass is 16.5.